The van der Waals surface area contributed by atoms with Gasteiger partial charge in [0.15, 0.2) is 0 Å². The third kappa shape index (κ3) is 4.34. The number of anilines is 1. The smallest absolute Gasteiger partial charge is 0.0431 e. The molecule has 0 aromatic heterocycles. The van der Waals surface area contributed by atoms with Crippen molar-refractivity contribution in [3.05, 3.63) is 29.3 Å². The Labute approximate surface area is 92.3 Å². The lowest BCUT2D eigenvalue weighted by Gasteiger charge is -2.15. The number of hydrogen-bond donors (Lipinski definition) is 2. The molecule has 15 heavy (non-hydrogen) atoms. The van der Waals surface area contributed by atoms with E-state index in [9.17, 15) is 0 Å². The summed E-state index contributed by atoms with van der Waals surface area (Å²) in [6.45, 7) is 6.64. The van der Waals surface area contributed by atoms with Gasteiger partial charge >= 0.3 is 0 Å². The molecule has 0 bridgehead atoms. The predicted molar refractivity (Wildman–Crippen MR) is 65.3 cm³/mol. The van der Waals surface area contributed by atoms with Gasteiger partial charge in [-0.1, -0.05) is 6.07 Å². The van der Waals surface area contributed by atoms with Gasteiger partial charge in [-0.3, -0.25) is 0 Å². The van der Waals surface area contributed by atoms with E-state index in [0.29, 0.717) is 6.04 Å². The predicted octanol–water partition coefficient (Wildman–Crippen LogP) is 2.88. The van der Waals surface area contributed by atoms with Crippen LogP contribution in [-0.2, 0) is 0 Å². The molecule has 84 valence electrons. The summed E-state index contributed by atoms with van der Waals surface area (Å²) in [6.07, 6.45) is 1.86. The summed E-state index contributed by atoms with van der Waals surface area (Å²) in [5.74, 6) is 0. The molecule has 1 atom stereocenters. The first-order valence-corrected chi connectivity index (χ1v) is 5.57. The van der Waals surface area contributed by atoms with Crippen LogP contribution in [0.25, 0.3) is 0 Å². The van der Waals surface area contributed by atoms with Gasteiger partial charge in [-0.2, -0.15) is 0 Å². The minimum absolute atomic E-state index is 0.277. The van der Waals surface area contributed by atoms with Crippen molar-refractivity contribution >= 4 is 5.69 Å². The molecule has 0 aliphatic heterocycles. The highest BCUT2D eigenvalue weighted by Gasteiger charge is 2.02. The Morgan fingerprint density at radius 3 is 2.33 bits per heavy atom. The van der Waals surface area contributed by atoms with Crippen molar-refractivity contribution in [2.24, 2.45) is 0 Å². The van der Waals surface area contributed by atoms with E-state index >= 15 is 0 Å². The summed E-state index contributed by atoms with van der Waals surface area (Å²) in [5, 5.41) is 12.2. The maximum absolute atomic E-state index is 8.74. The number of nitrogens with one attached hydrogen (secondary N) is 1. The molecule has 2 heteroatoms. The highest BCUT2D eigenvalue weighted by molar-refractivity contribution is 5.48. The van der Waals surface area contributed by atoms with Crippen LogP contribution < -0.4 is 5.32 Å². The van der Waals surface area contributed by atoms with Crippen LogP contribution in [0.2, 0.25) is 0 Å². The van der Waals surface area contributed by atoms with Gasteiger partial charge in [0.05, 0.1) is 0 Å². The first-order chi connectivity index (χ1) is 7.11. The van der Waals surface area contributed by atoms with Crippen molar-refractivity contribution < 1.29 is 5.11 Å². The Morgan fingerprint density at radius 2 is 1.80 bits per heavy atom. The van der Waals surface area contributed by atoms with Crippen molar-refractivity contribution in [3.8, 4) is 0 Å². The molecule has 1 aromatic carbocycles. The molecule has 0 spiro atoms. The average Bonchev–Trinajstić information content (AvgIpc) is 2.13. The number of aliphatic hydroxyl groups is 1. The lowest BCUT2D eigenvalue weighted by Crippen LogP contribution is -2.15. The van der Waals surface area contributed by atoms with Crippen molar-refractivity contribution in [2.75, 3.05) is 11.9 Å². The number of hydrogen-bond acceptors (Lipinski definition) is 2. The zero-order valence-corrected chi connectivity index (χ0v) is 9.88. The number of aryl methyl sites for hydroxylation is 2. The Morgan fingerprint density at radius 1 is 1.20 bits per heavy atom. The fourth-order valence-corrected chi connectivity index (χ4v) is 1.81. The second kappa shape index (κ2) is 5.76. The van der Waals surface area contributed by atoms with Crippen LogP contribution in [0.5, 0.6) is 0 Å². The summed E-state index contributed by atoms with van der Waals surface area (Å²) in [7, 11) is 0. The molecule has 1 aromatic rings. The summed E-state index contributed by atoms with van der Waals surface area (Å²) >= 11 is 0. The van der Waals surface area contributed by atoms with Gasteiger partial charge in [0.2, 0.25) is 0 Å². The number of benzene rings is 1. The van der Waals surface area contributed by atoms with Crippen LogP contribution in [-0.4, -0.2) is 17.8 Å². The zero-order chi connectivity index (χ0) is 11.3. The quantitative estimate of drug-likeness (QED) is 0.778. The van der Waals surface area contributed by atoms with Crippen LogP contribution in [0.15, 0.2) is 18.2 Å². The van der Waals surface area contributed by atoms with Gasteiger partial charge in [-0.15, -0.1) is 0 Å². The van der Waals surface area contributed by atoms with E-state index in [1.54, 1.807) is 0 Å². The first-order valence-electron chi connectivity index (χ1n) is 5.57. The highest BCUT2D eigenvalue weighted by Crippen LogP contribution is 2.15. The maximum atomic E-state index is 8.74. The van der Waals surface area contributed by atoms with E-state index in [1.165, 1.54) is 16.8 Å². The second-order valence-corrected chi connectivity index (χ2v) is 4.29. The summed E-state index contributed by atoms with van der Waals surface area (Å²) in [6, 6.07) is 6.90. The topological polar surface area (TPSA) is 32.3 Å². The minimum Gasteiger partial charge on any atom is -0.396 e. The normalized spacial score (nSPS) is 12.5. The van der Waals surface area contributed by atoms with Crippen LogP contribution >= 0.6 is 0 Å². The SMILES string of the molecule is Cc1cc(C)cc(NC(C)CCCO)c1. The Kier molecular flexibility index (Phi) is 4.63. The third-order valence-electron chi connectivity index (χ3n) is 2.43. The molecule has 0 fully saturated rings. The molecule has 0 aliphatic carbocycles. The Bertz CT molecular complexity index is 289. The molecule has 1 unspecified atom stereocenters. The van der Waals surface area contributed by atoms with E-state index in [-0.39, 0.29) is 6.61 Å². The van der Waals surface area contributed by atoms with Gasteiger partial charge < -0.3 is 10.4 Å². The molecular formula is C13H21NO. The number of aliphatic hydroxyl groups excluding tert-OH is 1. The van der Waals surface area contributed by atoms with Gasteiger partial charge in [0, 0.05) is 18.3 Å². The van der Waals surface area contributed by atoms with E-state index in [1.807, 2.05) is 0 Å². The van der Waals surface area contributed by atoms with Crippen molar-refractivity contribution in [1.29, 1.82) is 0 Å². The molecule has 0 heterocycles. The third-order valence-corrected chi connectivity index (χ3v) is 2.43. The average molecular weight is 207 g/mol. The molecule has 0 aliphatic rings. The number of rotatable bonds is 5. The van der Waals surface area contributed by atoms with E-state index < -0.39 is 0 Å². The van der Waals surface area contributed by atoms with Crippen molar-refractivity contribution in [1.82, 2.24) is 0 Å². The molecule has 0 amide bonds. The van der Waals surface area contributed by atoms with E-state index in [2.05, 4.69) is 44.3 Å². The fourth-order valence-electron chi connectivity index (χ4n) is 1.81. The molecule has 2 N–H and O–H groups in total. The van der Waals surface area contributed by atoms with Crippen molar-refractivity contribution in [2.45, 2.75) is 39.7 Å². The molecular weight excluding hydrogens is 186 g/mol. The molecule has 0 saturated carbocycles. The standard InChI is InChI=1S/C13H21NO/c1-10-7-11(2)9-13(8-10)14-12(3)5-4-6-15/h7-9,12,14-15H,4-6H2,1-3H3. The highest BCUT2D eigenvalue weighted by atomic mass is 16.2. The van der Waals surface area contributed by atoms with Gasteiger partial charge in [-0.25, -0.2) is 0 Å². The summed E-state index contributed by atoms with van der Waals surface area (Å²) < 4.78 is 0. The largest absolute Gasteiger partial charge is 0.396 e. The van der Waals surface area contributed by atoms with Crippen LogP contribution in [0.1, 0.15) is 30.9 Å². The van der Waals surface area contributed by atoms with Crippen LogP contribution in [0.3, 0.4) is 0 Å². The fraction of sp³-hybridized carbons (Fsp3) is 0.538. The zero-order valence-electron chi connectivity index (χ0n) is 9.88. The first kappa shape index (κ1) is 12.1. The van der Waals surface area contributed by atoms with Crippen LogP contribution in [0.4, 0.5) is 5.69 Å². The lowest BCUT2D eigenvalue weighted by molar-refractivity contribution is 0.282. The monoisotopic (exact) mass is 207 g/mol. The van der Waals surface area contributed by atoms with Crippen molar-refractivity contribution in [3.63, 3.8) is 0 Å². The molecule has 1 rings (SSSR count). The molecule has 0 saturated heterocycles. The summed E-state index contributed by atoms with van der Waals surface area (Å²) in [5.41, 5.74) is 3.75. The molecule has 0 radical (unpaired) electrons. The van der Waals surface area contributed by atoms with Gasteiger partial charge in [-0.05, 0) is 56.9 Å². The minimum atomic E-state index is 0.277. The van der Waals surface area contributed by atoms with Gasteiger partial charge in [0.25, 0.3) is 0 Å². The lowest BCUT2D eigenvalue weighted by atomic mass is 10.1. The molecule has 2 nitrogen and oxygen atoms in total. The van der Waals surface area contributed by atoms with E-state index in [0.717, 1.165) is 12.8 Å². The van der Waals surface area contributed by atoms with E-state index in [4.69, 9.17) is 5.11 Å². The Hall–Kier alpha value is -1.02. The maximum Gasteiger partial charge on any atom is 0.0431 e. The second-order valence-electron chi connectivity index (χ2n) is 4.29. The van der Waals surface area contributed by atoms with Gasteiger partial charge in [0.1, 0.15) is 0 Å². The van der Waals surface area contributed by atoms with Crippen LogP contribution in [0, 0.1) is 13.8 Å². The Balaban J connectivity index is 2.56. The summed E-state index contributed by atoms with van der Waals surface area (Å²) in [4.78, 5) is 0.